The normalized spacial score (nSPS) is 15.9. The third kappa shape index (κ3) is 3.75. The fourth-order valence-corrected chi connectivity index (χ4v) is 2.91. The van der Waals surface area contributed by atoms with Crippen LogP contribution < -0.4 is 21.7 Å². The number of rotatable bonds is 6. The Morgan fingerprint density at radius 1 is 1.32 bits per heavy atom. The molecule has 1 aliphatic heterocycles. The third-order valence-corrected chi connectivity index (χ3v) is 4.24. The molecule has 0 bridgehead atoms. The number of carbonyl (C=O) groups is 1. The molecule has 0 aliphatic carbocycles. The summed E-state index contributed by atoms with van der Waals surface area (Å²) in [5.41, 5.74) is 8.11. The molecule has 1 fully saturated rings. The quantitative estimate of drug-likeness (QED) is 0.503. The van der Waals surface area contributed by atoms with Gasteiger partial charge in [-0.3, -0.25) is 4.79 Å². The number of hydrogen-bond acceptors (Lipinski definition) is 8. The number of aromatic nitrogens is 5. The fraction of sp³-hybridized carbons (Fsp3) is 0.167. The van der Waals surface area contributed by atoms with Crippen LogP contribution in [0.4, 0.5) is 17.5 Å². The van der Waals surface area contributed by atoms with Gasteiger partial charge in [-0.25, -0.2) is 4.98 Å². The van der Waals surface area contributed by atoms with Crippen molar-refractivity contribution in [2.24, 2.45) is 5.73 Å². The van der Waals surface area contributed by atoms with E-state index in [0.29, 0.717) is 17.5 Å². The second-order valence-corrected chi connectivity index (χ2v) is 6.34. The molecule has 142 valence electrons. The van der Waals surface area contributed by atoms with Gasteiger partial charge in [-0.1, -0.05) is 12.6 Å². The van der Waals surface area contributed by atoms with Crippen LogP contribution in [0.5, 0.6) is 0 Å². The first-order valence-electron chi connectivity index (χ1n) is 8.67. The number of nitrogens with zero attached hydrogens (tertiary/aromatic N) is 5. The van der Waals surface area contributed by atoms with Crippen molar-refractivity contribution in [1.82, 2.24) is 30.3 Å². The maximum absolute atomic E-state index is 11.8. The molecule has 1 aromatic carbocycles. The van der Waals surface area contributed by atoms with Crippen molar-refractivity contribution in [2.45, 2.75) is 12.5 Å². The molecule has 4 rings (SSSR count). The van der Waals surface area contributed by atoms with Crippen molar-refractivity contribution < 1.29 is 4.79 Å². The van der Waals surface area contributed by atoms with Crippen molar-refractivity contribution in [3.63, 3.8) is 0 Å². The van der Waals surface area contributed by atoms with Crippen molar-refractivity contribution in [2.75, 3.05) is 17.2 Å². The summed E-state index contributed by atoms with van der Waals surface area (Å²) in [6.45, 7) is 4.65. The van der Waals surface area contributed by atoms with E-state index in [2.05, 4.69) is 42.7 Å². The summed E-state index contributed by atoms with van der Waals surface area (Å²) in [5.74, 6) is 0.106. The molecular weight excluding hydrogens is 358 g/mol. The first kappa shape index (κ1) is 17.5. The van der Waals surface area contributed by atoms with Crippen molar-refractivity contribution >= 4 is 23.4 Å². The Kier molecular flexibility index (Phi) is 4.58. The lowest BCUT2D eigenvalue weighted by Gasteiger charge is -2.14. The molecule has 3 aromatic rings. The van der Waals surface area contributed by atoms with Crippen LogP contribution in [0.1, 0.15) is 16.8 Å². The first-order chi connectivity index (χ1) is 13.6. The first-order valence-corrected chi connectivity index (χ1v) is 8.67. The predicted octanol–water partition coefficient (Wildman–Crippen LogP) is 1.19. The number of primary amides is 1. The lowest BCUT2D eigenvalue weighted by molar-refractivity contribution is 0.100. The standard InChI is InChI=1S/C18H19N9O/c1-11-7-13(9-20-11)25-18-21-10-15(16(19)28)17(26-18)24-12-3-2-4-14(8-12)27-22-5-6-23-27/h2-6,8,10,13,20H,1,7,9H2,(H2,19,28)(H2,21,24,25,26). The summed E-state index contributed by atoms with van der Waals surface area (Å²) in [6.07, 6.45) is 5.39. The van der Waals surface area contributed by atoms with Gasteiger partial charge in [0.15, 0.2) is 0 Å². The minimum atomic E-state index is -0.616. The molecule has 1 aliphatic rings. The van der Waals surface area contributed by atoms with Crippen LogP contribution in [-0.4, -0.2) is 43.5 Å². The molecule has 0 radical (unpaired) electrons. The summed E-state index contributed by atoms with van der Waals surface area (Å²) in [4.78, 5) is 21.9. The van der Waals surface area contributed by atoms with Crippen molar-refractivity contribution in [3.8, 4) is 5.69 Å². The van der Waals surface area contributed by atoms with Crippen LogP contribution in [-0.2, 0) is 0 Å². The Hall–Kier alpha value is -3.95. The van der Waals surface area contributed by atoms with E-state index in [9.17, 15) is 4.79 Å². The lowest BCUT2D eigenvalue weighted by Crippen LogP contribution is -2.24. The molecule has 28 heavy (non-hydrogen) atoms. The van der Waals surface area contributed by atoms with Gasteiger partial charge in [0.25, 0.3) is 5.91 Å². The summed E-state index contributed by atoms with van der Waals surface area (Å²) < 4.78 is 0. The average Bonchev–Trinajstić information content (AvgIpc) is 3.34. The smallest absolute Gasteiger partial charge is 0.254 e. The van der Waals surface area contributed by atoms with Gasteiger partial charge in [0.1, 0.15) is 11.4 Å². The zero-order chi connectivity index (χ0) is 19.5. The SMILES string of the molecule is C=C1CC(Nc2ncc(C(N)=O)c(Nc3cccc(-n4nccn4)c3)n2)CN1. The molecule has 2 aromatic heterocycles. The Balaban J connectivity index is 1.60. The summed E-state index contributed by atoms with van der Waals surface area (Å²) in [7, 11) is 0. The number of anilines is 3. The van der Waals surface area contributed by atoms with Gasteiger partial charge in [0.2, 0.25) is 5.95 Å². The number of nitrogens with one attached hydrogen (secondary N) is 3. The number of carbonyl (C=O) groups excluding carboxylic acids is 1. The second-order valence-electron chi connectivity index (χ2n) is 6.34. The van der Waals surface area contributed by atoms with E-state index in [4.69, 9.17) is 5.73 Å². The van der Waals surface area contributed by atoms with E-state index in [0.717, 1.165) is 24.4 Å². The number of hydrogen-bond donors (Lipinski definition) is 4. The van der Waals surface area contributed by atoms with Crippen LogP contribution in [0.2, 0.25) is 0 Å². The topological polar surface area (TPSA) is 136 Å². The molecular formula is C18H19N9O. The van der Waals surface area contributed by atoms with Gasteiger partial charge in [-0.15, -0.1) is 0 Å². The minimum Gasteiger partial charge on any atom is -0.387 e. The minimum absolute atomic E-state index is 0.133. The Morgan fingerprint density at radius 2 is 2.14 bits per heavy atom. The van der Waals surface area contributed by atoms with Gasteiger partial charge in [0, 0.05) is 30.5 Å². The monoisotopic (exact) mass is 377 g/mol. The third-order valence-electron chi connectivity index (χ3n) is 4.24. The van der Waals surface area contributed by atoms with E-state index >= 15 is 0 Å². The average molecular weight is 377 g/mol. The molecule has 0 saturated carbocycles. The van der Waals surface area contributed by atoms with E-state index in [1.807, 2.05) is 24.3 Å². The summed E-state index contributed by atoms with van der Waals surface area (Å²) >= 11 is 0. The Morgan fingerprint density at radius 3 is 2.86 bits per heavy atom. The highest BCUT2D eigenvalue weighted by Gasteiger charge is 2.19. The van der Waals surface area contributed by atoms with Gasteiger partial charge >= 0.3 is 0 Å². The van der Waals surface area contributed by atoms with Gasteiger partial charge in [-0.05, 0) is 18.2 Å². The highest BCUT2D eigenvalue weighted by molar-refractivity contribution is 5.98. The number of benzene rings is 1. The Labute approximate surface area is 160 Å². The van der Waals surface area contributed by atoms with Gasteiger partial charge < -0.3 is 21.7 Å². The largest absolute Gasteiger partial charge is 0.387 e. The molecule has 10 nitrogen and oxygen atoms in total. The molecule has 1 saturated heterocycles. The van der Waals surface area contributed by atoms with Gasteiger partial charge in [0.05, 0.1) is 24.1 Å². The zero-order valence-electron chi connectivity index (χ0n) is 15.0. The van der Waals surface area contributed by atoms with Gasteiger partial charge in [-0.2, -0.15) is 20.0 Å². The Bertz CT molecular complexity index is 1020. The molecule has 10 heteroatoms. The molecule has 3 heterocycles. The maximum atomic E-state index is 11.8. The molecule has 1 unspecified atom stereocenters. The number of nitrogens with two attached hydrogens (primary N) is 1. The molecule has 0 spiro atoms. The van der Waals surface area contributed by atoms with Crippen LogP contribution in [0.3, 0.4) is 0 Å². The van der Waals surface area contributed by atoms with E-state index in [-0.39, 0.29) is 11.6 Å². The van der Waals surface area contributed by atoms with Crippen molar-refractivity contribution in [3.05, 3.63) is 60.7 Å². The van der Waals surface area contributed by atoms with Crippen molar-refractivity contribution in [1.29, 1.82) is 0 Å². The number of amides is 1. The molecule has 1 atom stereocenters. The van der Waals surface area contributed by atoms with Crippen LogP contribution >= 0.6 is 0 Å². The van der Waals surface area contributed by atoms with Crippen LogP contribution in [0.25, 0.3) is 5.69 Å². The molecule has 5 N–H and O–H groups in total. The fourth-order valence-electron chi connectivity index (χ4n) is 2.91. The highest BCUT2D eigenvalue weighted by atomic mass is 16.1. The predicted molar refractivity (Wildman–Crippen MR) is 104 cm³/mol. The zero-order valence-corrected chi connectivity index (χ0v) is 15.0. The van der Waals surface area contributed by atoms with Crippen LogP contribution in [0, 0.1) is 0 Å². The maximum Gasteiger partial charge on any atom is 0.254 e. The summed E-state index contributed by atoms with van der Waals surface area (Å²) in [5, 5.41) is 17.8. The van der Waals surface area contributed by atoms with E-state index < -0.39 is 5.91 Å². The molecule has 1 amide bonds. The second kappa shape index (κ2) is 7.35. The van der Waals surface area contributed by atoms with E-state index in [1.54, 1.807) is 12.4 Å². The highest BCUT2D eigenvalue weighted by Crippen LogP contribution is 2.22. The van der Waals surface area contributed by atoms with E-state index in [1.165, 1.54) is 11.0 Å². The summed E-state index contributed by atoms with van der Waals surface area (Å²) in [6, 6.07) is 7.53. The lowest BCUT2D eigenvalue weighted by atomic mass is 10.2. The van der Waals surface area contributed by atoms with Crippen LogP contribution in [0.15, 0.2) is 55.1 Å².